The quantitative estimate of drug-likeness (QED) is 0.783. The van der Waals surface area contributed by atoms with Gasteiger partial charge in [-0.1, -0.05) is 19.3 Å². The number of amides is 2. The molecule has 0 spiro atoms. The van der Waals surface area contributed by atoms with Crippen LogP contribution in [-0.2, 0) is 14.3 Å². The molecule has 2 saturated heterocycles. The smallest absolute Gasteiger partial charge is 0.224 e. The van der Waals surface area contributed by atoms with Crippen LogP contribution in [0.25, 0.3) is 0 Å². The Balaban J connectivity index is 0.00000225. The highest BCUT2D eigenvalue weighted by Crippen LogP contribution is 2.24. The van der Waals surface area contributed by atoms with Gasteiger partial charge in [-0.05, 0) is 25.7 Å². The Labute approximate surface area is 156 Å². The van der Waals surface area contributed by atoms with Crippen molar-refractivity contribution in [2.45, 2.75) is 63.5 Å². The number of rotatable bonds is 4. The zero-order valence-electron chi connectivity index (χ0n) is 15.0. The Kier molecular flexibility index (Phi) is 8.46. The molecule has 2 aliphatic heterocycles. The van der Waals surface area contributed by atoms with E-state index in [9.17, 15) is 9.59 Å². The second-order valence-electron chi connectivity index (χ2n) is 7.43. The predicted octanol–water partition coefficient (Wildman–Crippen LogP) is 1.47. The van der Waals surface area contributed by atoms with E-state index in [2.05, 4.69) is 10.6 Å². The molecule has 3 fully saturated rings. The zero-order valence-corrected chi connectivity index (χ0v) is 15.8. The van der Waals surface area contributed by atoms with Gasteiger partial charge < -0.3 is 20.3 Å². The van der Waals surface area contributed by atoms with Gasteiger partial charge in [-0.15, -0.1) is 12.4 Å². The number of morpholine rings is 1. The standard InChI is InChI=1S/C18H31N3O3.ClH/c22-17(12-16-13-24-11-8-19-16)21-9-6-15(7-10-21)20-18(23)14-4-2-1-3-5-14;/h14-16,19H,1-13H2,(H,20,23);1H. The molecule has 0 aromatic carbocycles. The summed E-state index contributed by atoms with van der Waals surface area (Å²) in [4.78, 5) is 26.7. The molecule has 0 aromatic heterocycles. The predicted molar refractivity (Wildman–Crippen MR) is 98.8 cm³/mol. The first-order valence-electron chi connectivity index (χ1n) is 9.61. The summed E-state index contributed by atoms with van der Waals surface area (Å²) in [5.74, 6) is 0.661. The van der Waals surface area contributed by atoms with Gasteiger partial charge in [-0.2, -0.15) is 0 Å². The van der Waals surface area contributed by atoms with Crippen molar-refractivity contribution < 1.29 is 14.3 Å². The van der Waals surface area contributed by atoms with Crippen LogP contribution >= 0.6 is 12.4 Å². The molecule has 2 amide bonds. The number of piperidine rings is 1. The average molecular weight is 374 g/mol. The zero-order chi connectivity index (χ0) is 16.8. The minimum absolute atomic E-state index is 0. The van der Waals surface area contributed by atoms with Crippen molar-refractivity contribution in [1.29, 1.82) is 0 Å². The number of hydrogen-bond donors (Lipinski definition) is 2. The van der Waals surface area contributed by atoms with Gasteiger partial charge in [0.05, 0.1) is 13.2 Å². The lowest BCUT2D eigenvalue weighted by molar-refractivity contribution is -0.133. The fourth-order valence-electron chi connectivity index (χ4n) is 4.05. The Hall–Kier alpha value is -0.850. The van der Waals surface area contributed by atoms with E-state index < -0.39 is 0 Å². The van der Waals surface area contributed by atoms with Gasteiger partial charge in [0, 0.05) is 44.1 Å². The lowest BCUT2D eigenvalue weighted by Gasteiger charge is -2.34. The number of carbonyl (C=O) groups excluding carboxylic acids is 2. The van der Waals surface area contributed by atoms with E-state index in [-0.39, 0.29) is 42.2 Å². The van der Waals surface area contributed by atoms with E-state index in [1.807, 2.05) is 4.90 Å². The van der Waals surface area contributed by atoms with Crippen molar-refractivity contribution in [2.75, 3.05) is 32.8 Å². The minimum Gasteiger partial charge on any atom is -0.378 e. The van der Waals surface area contributed by atoms with Crippen molar-refractivity contribution in [3.63, 3.8) is 0 Å². The highest BCUT2D eigenvalue weighted by Gasteiger charge is 2.28. The van der Waals surface area contributed by atoms with Crippen molar-refractivity contribution >= 4 is 24.2 Å². The van der Waals surface area contributed by atoms with Crippen LogP contribution in [-0.4, -0.2) is 61.6 Å². The van der Waals surface area contributed by atoms with Gasteiger partial charge in [0.25, 0.3) is 0 Å². The van der Waals surface area contributed by atoms with E-state index in [1.54, 1.807) is 0 Å². The Morgan fingerprint density at radius 3 is 2.44 bits per heavy atom. The van der Waals surface area contributed by atoms with Crippen molar-refractivity contribution in [2.24, 2.45) is 5.92 Å². The molecule has 1 atom stereocenters. The van der Waals surface area contributed by atoms with Gasteiger partial charge in [-0.3, -0.25) is 9.59 Å². The molecule has 6 nitrogen and oxygen atoms in total. The Bertz CT molecular complexity index is 429. The monoisotopic (exact) mass is 373 g/mol. The maximum absolute atomic E-state index is 12.4. The molecule has 25 heavy (non-hydrogen) atoms. The summed E-state index contributed by atoms with van der Waals surface area (Å²) in [5.41, 5.74) is 0. The van der Waals surface area contributed by atoms with Crippen molar-refractivity contribution in [1.82, 2.24) is 15.5 Å². The maximum Gasteiger partial charge on any atom is 0.224 e. The van der Waals surface area contributed by atoms with Crippen LogP contribution in [0.3, 0.4) is 0 Å². The van der Waals surface area contributed by atoms with Crippen LogP contribution in [0.15, 0.2) is 0 Å². The second kappa shape index (κ2) is 10.3. The molecule has 3 rings (SSSR count). The molecule has 3 aliphatic rings. The summed E-state index contributed by atoms with van der Waals surface area (Å²) in [7, 11) is 0. The van der Waals surface area contributed by atoms with Crippen molar-refractivity contribution in [3.8, 4) is 0 Å². The van der Waals surface area contributed by atoms with Crippen LogP contribution in [0.4, 0.5) is 0 Å². The van der Waals surface area contributed by atoms with Crippen LogP contribution in [0.5, 0.6) is 0 Å². The number of nitrogens with zero attached hydrogens (tertiary/aromatic N) is 1. The van der Waals surface area contributed by atoms with Crippen LogP contribution < -0.4 is 10.6 Å². The molecule has 7 heteroatoms. The first kappa shape index (κ1) is 20.5. The van der Waals surface area contributed by atoms with Gasteiger partial charge in [0.2, 0.25) is 11.8 Å². The van der Waals surface area contributed by atoms with Crippen LogP contribution in [0.2, 0.25) is 0 Å². The van der Waals surface area contributed by atoms with Crippen LogP contribution in [0.1, 0.15) is 51.4 Å². The third-order valence-electron chi connectivity index (χ3n) is 5.59. The summed E-state index contributed by atoms with van der Waals surface area (Å²) < 4.78 is 5.41. The second-order valence-corrected chi connectivity index (χ2v) is 7.43. The largest absolute Gasteiger partial charge is 0.378 e. The third kappa shape index (κ3) is 6.12. The highest BCUT2D eigenvalue weighted by atomic mass is 35.5. The van der Waals surface area contributed by atoms with Crippen molar-refractivity contribution in [3.05, 3.63) is 0 Å². The van der Waals surface area contributed by atoms with Gasteiger partial charge in [0.15, 0.2) is 0 Å². The molecule has 1 aliphatic carbocycles. The molecule has 0 bridgehead atoms. The molecular weight excluding hydrogens is 342 g/mol. The number of likely N-dealkylation sites (tertiary alicyclic amines) is 1. The number of carbonyl (C=O) groups is 2. The lowest BCUT2D eigenvalue weighted by atomic mass is 9.88. The lowest BCUT2D eigenvalue weighted by Crippen LogP contribution is -2.50. The molecule has 2 heterocycles. The van der Waals surface area contributed by atoms with Gasteiger partial charge >= 0.3 is 0 Å². The average Bonchev–Trinajstić information content (AvgIpc) is 2.64. The molecular formula is C18H32ClN3O3. The Morgan fingerprint density at radius 2 is 1.80 bits per heavy atom. The summed E-state index contributed by atoms with van der Waals surface area (Å²) in [6, 6.07) is 0.384. The first-order chi connectivity index (χ1) is 11.7. The molecule has 2 N–H and O–H groups in total. The molecule has 0 aromatic rings. The molecule has 1 unspecified atom stereocenters. The van der Waals surface area contributed by atoms with E-state index in [4.69, 9.17) is 4.74 Å². The van der Waals surface area contributed by atoms with Gasteiger partial charge in [0.1, 0.15) is 0 Å². The van der Waals surface area contributed by atoms with Crippen LogP contribution in [0, 0.1) is 5.92 Å². The van der Waals surface area contributed by atoms with E-state index in [0.29, 0.717) is 13.0 Å². The fraction of sp³-hybridized carbons (Fsp3) is 0.889. The topological polar surface area (TPSA) is 70.7 Å². The van der Waals surface area contributed by atoms with Gasteiger partial charge in [-0.25, -0.2) is 0 Å². The molecule has 1 saturated carbocycles. The normalized spacial score (nSPS) is 25.9. The highest BCUT2D eigenvalue weighted by molar-refractivity contribution is 5.85. The summed E-state index contributed by atoms with van der Waals surface area (Å²) in [6.07, 6.45) is 7.98. The van der Waals surface area contributed by atoms with E-state index in [1.165, 1.54) is 19.3 Å². The summed E-state index contributed by atoms with van der Waals surface area (Å²) >= 11 is 0. The first-order valence-corrected chi connectivity index (χ1v) is 9.61. The fourth-order valence-corrected chi connectivity index (χ4v) is 4.05. The number of ether oxygens (including phenoxy) is 1. The number of nitrogens with one attached hydrogen (secondary N) is 2. The third-order valence-corrected chi connectivity index (χ3v) is 5.59. The summed E-state index contributed by atoms with van der Waals surface area (Å²) in [5, 5.41) is 6.55. The van der Waals surface area contributed by atoms with E-state index in [0.717, 1.165) is 51.9 Å². The SMILES string of the molecule is Cl.O=C(NC1CCN(C(=O)CC2COCCN2)CC1)C1CCCCC1. The molecule has 144 valence electrons. The molecule has 0 radical (unpaired) electrons. The Morgan fingerprint density at radius 1 is 1.08 bits per heavy atom. The van der Waals surface area contributed by atoms with E-state index >= 15 is 0 Å². The number of hydrogen-bond acceptors (Lipinski definition) is 4. The summed E-state index contributed by atoms with van der Waals surface area (Å²) in [6.45, 7) is 3.69. The minimum atomic E-state index is 0. The number of halogens is 1. The maximum atomic E-state index is 12.4.